The van der Waals surface area contributed by atoms with Gasteiger partial charge < -0.3 is 10.0 Å². The number of aryl methyl sites for hydroxylation is 1. The molecule has 0 saturated carbocycles. The molecule has 1 aromatic heterocycles. The highest BCUT2D eigenvalue weighted by molar-refractivity contribution is 7.10. The first-order valence-electron chi connectivity index (χ1n) is 4.65. The van der Waals surface area contributed by atoms with E-state index < -0.39 is 5.60 Å². The molecule has 1 N–H and O–H groups in total. The topological polar surface area (TPSA) is 60.1 Å². The number of rotatable bonds is 3. The molecule has 4 nitrogen and oxygen atoms in total. The Hall–Kier alpha value is -1.12. The molecule has 0 radical (unpaired) electrons. The van der Waals surface area contributed by atoms with Gasteiger partial charge >= 0.3 is 0 Å². The second kappa shape index (κ2) is 4.17. The second-order valence-electron chi connectivity index (χ2n) is 4.23. The number of aliphatic hydroxyl groups is 1. The predicted octanol–water partition coefficient (Wildman–Crippen LogP) is 1.53. The minimum Gasteiger partial charge on any atom is -0.389 e. The van der Waals surface area contributed by atoms with E-state index in [1.807, 2.05) is 18.9 Å². The smallest absolute Gasteiger partial charge is 0.130 e. The summed E-state index contributed by atoms with van der Waals surface area (Å²) in [6, 6.07) is 2.14. The van der Waals surface area contributed by atoms with Gasteiger partial charge in [0.05, 0.1) is 11.3 Å². The van der Waals surface area contributed by atoms with Gasteiger partial charge in [-0.15, -0.1) is 0 Å². The first-order valence-corrected chi connectivity index (χ1v) is 5.42. The normalized spacial score (nSPS) is 11.2. The van der Waals surface area contributed by atoms with Crippen molar-refractivity contribution in [2.45, 2.75) is 26.4 Å². The molecule has 0 atom stereocenters. The van der Waals surface area contributed by atoms with Crippen LogP contribution in [0.1, 0.15) is 25.1 Å². The summed E-state index contributed by atoms with van der Waals surface area (Å²) in [6.45, 7) is 5.77. The molecule has 1 heterocycles. The van der Waals surface area contributed by atoms with Gasteiger partial charge in [-0.1, -0.05) is 0 Å². The summed E-state index contributed by atoms with van der Waals surface area (Å²) < 4.78 is 4.13. The zero-order chi connectivity index (χ0) is 11.6. The highest BCUT2D eigenvalue weighted by Crippen LogP contribution is 2.27. The third-order valence-corrected chi connectivity index (χ3v) is 2.98. The molecule has 15 heavy (non-hydrogen) atoms. The van der Waals surface area contributed by atoms with Gasteiger partial charge in [-0.2, -0.15) is 9.64 Å². The van der Waals surface area contributed by atoms with Crippen molar-refractivity contribution in [3.63, 3.8) is 0 Å². The lowest BCUT2D eigenvalue weighted by Crippen LogP contribution is -2.36. The minimum absolute atomic E-state index is 0.476. The summed E-state index contributed by atoms with van der Waals surface area (Å²) in [5.41, 5.74) is 0.575. The van der Waals surface area contributed by atoms with E-state index in [9.17, 15) is 5.11 Å². The van der Waals surface area contributed by atoms with Crippen molar-refractivity contribution < 1.29 is 5.11 Å². The van der Waals surface area contributed by atoms with E-state index in [0.717, 1.165) is 10.7 Å². The summed E-state index contributed by atoms with van der Waals surface area (Å²) in [7, 11) is 1.85. The molecule has 1 rings (SSSR count). The summed E-state index contributed by atoms with van der Waals surface area (Å²) in [5, 5.41) is 19.5. The first-order chi connectivity index (χ1) is 6.85. The predicted molar refractivity (Wildman–Crippen MR) is 61.1 cm³/mol. The molecule has 0 aliphatic rings. The van der Waals surface area contributed by atoms with Gasteiger partial charge in [-0.3, -0.25) is 0 Å². The van der Waals surface area contributed by atoms with Crippen molar-refractivity contribution in [1.29, 1.82) is 5.26 Å². The summed E-state index contributed by atoms with van der Waals surface area (Å²) in [4.78, 5) is 1.86. The fraction of sp³-hybridized carbons (Fsp3) is 0.600. The number of anilines is 1. The van der Waals surface area contributed by atoms with Crippen LogP contribution in [0.5, 0.6) is 0 Å². The van der Waals surface area contributed by atoms with Crippen LogP contribution in [-0.2, 0) is 0 Å². The lowest BCUT2D eigenvalue weighted by Gasteiger charge is -2.25. The summed E-state index contributed by atoms with van der Waals surface area (Å²) in [6.07, 6.45) is 0. The molecule has 0 spiro atoms. The maximum atomic E-state index is 9.68. The van der Waals surface area contributed by atoms with Gasteiger partial charge in [0, 0.05) is 13.6 Å². The molecule has 0 aliphatic carbocycles. The molecular weight excluding hydrogens is 210 g/mol. The van der Waals surface area contributed by atoms with Crippen molar-refractivity contribution in [3.8, 4) is 6.07 Å². The molecule has 82 valence electrons. The highest BCUT2D eigenvalue weighted by Gasteiger charge is 2.20. The Labute approximate surface area is 93.9 Å². The minimum atomic E-state index is -0.778. The van der Waals surface area contributed by atoms with E-state index in [2.05, 4.69) is 10.4 Å². The first kappa shape index (κ1) is 12.0. The second-order valence-corrected chi connectivity index (χ2v) is 4.98. The zero-order valence-electron chi connectivity index (χ0n) is 9.40. The number of aromatic nitrogens is 1. The van der Waals surface area contributed by atoms with Gasteiger partial charge in [-0.25, -0.2) is 0 Å². The van der Waals surface area contributed by atoms with Crippen molar-refractivity contribution in [3.05, 3.63) is 11.3 Å². The summed E-state index contributed by atoms with van der Waals surface area (Å²) >= 11 is 1.29. The maximum Gasteiger partial charge on any atom is 0.130 e. The number of hydrogen-bond donors (Lipinski definition) is 1. The largest absolute Gasteiger partial charge is 0.389 e. The van der Waals surface area contributed by atoms with E-state index in [1.54, 1.807) is 13.8 Å². The molecule has 0 unspecified atom stereocenters. The maximum absolute atomic E-state index is 9.68. The fourth-order valence-corrected chi connectivity index (χ4v) is 2.20. The summed E-state index contributed by atoms with van der Waals surface area (Å²) in [5.74, 6) is 0. The van der Waals surface area contributed by atoms with Crippen LogP contribution < -0.4 is 4.90 Å². The lowest BCUT2D eigenvalue weighted by molar-refractivity contribution is 0.0887. The van der Waals surface area contributed by atoms with Crippen molar-refractivity contribution in [1.82, 2.24) is 4.37 Å². The molecule has 0 amide bonds. The quantitative estimate of drug-likeness (QED) is 0.847. The lowest BCUT2D eigenvalue weighted by atomic mass is 10.1. The van der Waals surface area contributed by atoms with Gasteiger partial charge in [0.15, 0.2) is 0 Å². The van der Waals surface area contributed by atoms with Crippen LogP contribution in [0.3, 0.4) is 0 Å². The van der Waals surface area contributed by atoms with E-state index in [0.29, 0.717) is 12.1 Å². The standard InChI is InChI=1S/C10H15N3OS/c1-7-8(5-11)9(15-12-7)13(4)6-10(2,3)14/h14H,6H2,1-4H3. The SMILES string of the molecule is Cc1nsc(N(C)CC(C)(C)O)c1C#N. The van der Waals surface area contributed by atoms with Gasteiger partial charge in [-0.05, 0) is 32.3 Å². The average Bonchev–Trinajstić information content (AvgIpc) is 2.43. The Balaban J connectivity index is 2.93. The Morgan fingerprint density at radius 2 is 2.20 bits per heavy atom. The molecule has 0 aliphatic heterocycles. The van der Waals surface area contributed by atoms with E-state index in [1.165, 1.54) is 11.5 Å². The Morgan fingerprint density at radius 1 is 1.60 bits per heavy atom. The van der Waals surface area contributed by atoms with E-state index in [4.69, 9.17) is 5.26 Å². The third-order valence-electron chi connectivity index (χ3n) is 1.93. The molecule has 0 saturated heterocycles. The molecule has 0 bridgehead atoms. The molecule has 1 aromatic rings. The van der Waals surface area contributed by atoms with Crippen molar-refractivity contribution in [2.24, 2.45) is 0 Å². The van der Waals surface area contributed by atoms with E-state index >= 15 is 0 Å². The average molecular weight is 225 g/mol. The monoisotopic (exact) mass is 225 g/mol. The van der Waals surface area contributed by atoms with Crippen LogP contribution in [0, 0.1) is 18.3 Å². The molecule has 0 aromatic carbocycles. The van der Waals surface area contributed by atoms with Crippen LogP contribution >= 0.6 is 11.5 Å². The Kier molecular flexibility index (Phi) is 3.32. The highest BCUT2D eigenvalue weighted by atomic mass is 32.1. The number of hydrogen-bond acceptors (Lipinski definition) is 5. The zero-order valence-corrected chi connectivity index (χ0v) is 10.2. The van der Waals surface area contributed by atoms with Crippen LogP contribution in [0.15, 0.2) is 0 Å². The van der Waals surface area contributed by atoms with Crippen LogP contribution in [0.25, 0.3) is 0 Å². The number of nitriles is 1. The van der Waals surface area contributed by atoms with Crippen LogP contribution in [0.4, 0.5) is 5.00 Å². The molecular formula is C10H15N3OS. The van der Waals surface area contributed by atoms with Gasteiger partial charge in [0.2, 0.25) is 0 Å². The number of likely N-dealkylation sites (N-methyl/N-ethyl adjacent to an activating group) is 1. The van der Waals surface area contributed by atoms with Crippen LogP contribution in [0.2, 0.25) is 0 Å². The van der Waals surface area contributed by atoms with Gasteiger partial charge in [0.1, 0.15) is 16.6 Å². The number of nitrogens with zero attached hydrogens (tertiary/aromatic N) is 3. The van der Waals surface area contributed by atoms with Gasteiger partial charge in [0.25, 0.3) is 0 Å². The Bertz CT molecular complexity index is 386. The van der Waals surface area contributed by atoms with Crippen molar-refractivity contribution in [2.75, 3.05) is 18.5 Å². The van der Waals surface area contributed by atoms with Crippen LogP contribution in [-0.4, -0.2) is 28.7 Å². The third kappa shape index (κ3) is 2.91. The Morgan fingerprint density at radius 3 is 2.67 bits per heavy atom. The van der Waals surface area contributed by atoms with Crippen molar-refractivity contribution >= 4 is 16.5 Å². The molecule has 5 heteroatoms. The van der Waals surface area contributed by atoms with E-state index in [-0.39, 0.29) is 0 Å². The molecule has 0 fully saturated rings. The fourth-order valence-electron chi connectivity index (χ4n) is 1.40.